The fraction of sp³-hybridized carbons (Fsp3) is 0.500. The largest absolute Gasteiger partial charge is 0.481 e. The molecular formula is C14H19N3O3. The second-order valence-electron chi connectivity index (χ2n) is 5.17. The summed E-state index contributed by atoms with van der Waals surface area (Å²) in [6, 6.07) is 3.27. The van der Waals surface area contributed by atoms with Crippen LogP contribution in [0.15, 0.2) is 24.5 Å². The third kappa shape index (κ3) is 3.69. The van der Waals surface area contributed by atoms with Crippen LogP contribution in [0.25, 0.3) is 0 Å². The van der Waals surface area contributed by atoms with Crippen LogP contribution in [0.2, 0.25) is 0 Å². The summed E-state index contributed by atoms with van der Waals surface area (Å²) in [5.74, 6) is -1.11. The molecule has 3 N–H and O–H groups in total. The number of carboxylic acids is 1. The van der Waals surface area contributed by atoms with Crippen molar-refractivity contribution in [2.75, 3.05) is 0 Å². The number of aromatic nitrogens is 1. The fourth-order valence-electron chi connectivity index (χ4n) is 2.50. The van der Waals surface area contributed by atoms with E-state index in [2.05, 4.69) is 15.6 Å². The molecule has 2 rings (SSSR count). The van der Waals surface area contributed by atoms with E-state index < -0.39 is 5.97 Å². The first-order chi connectivity index (χ1) is 9.56. The molecule has 1 aromatic heterocycles. The zero-order valence-corrected chi connectivity index (χ0v) is 11.4. The second-order valence-corrected chi connectivity index (χ2v) is 5.17. The van der Waals surface area contributed by atoms with Gasteiger partial charge in [-0.05, 0) is 43.9 Å². The van der Waals surface area contributed by atoms with E-state index in [0.29, 0.717) is 19.3 Å². The highest BCUT2D eigenvalue weighted by Gasteiger charge is 2.30. The van der Waals surface area contributed by atoms with Gasteiger partial charge in [0.1, 0.15) is 0 Å². The number of carbonyl (C=O) groups excluding carboxylic acids is 1. The van der Waals surface area contributed by atoms with Gasteiger partial charge in [-0.25, -0.2) is 4.79 Å². The van der Waals surface area contributed by atoms with E-state index in [0.717, 1.165) is 5.56 Å². The Kier molecular flexibility index (Phi) is 4.55. The molecule has 0 saturated heterocycles. The van der Waals surface area contributed by atoms with Gasteiger partial charge in [-0.1, -0.05) is 0 Å². The number of rotatable bonds is 4. The van der Waals surface area contributed by atoms with Gasteiger partial charge >= 0.3 is 12.0 Å². The Balaban J connectivity index is 1.80. The highest BCUT2D eigenvalue weighted by atomic mass is 16.4. The quantitative estimate of drug-likeness (QED) is 0.781. The summed E-state index contributed by atoms with van der Waals surface area (Å²) in [5, 5.41) is 14.6. The van der Waals surface area contributed by atoms with Crippen LogP contribution >= 0.6 is 0 Å². The number of urea groups is 1. The highest BCUT2D eigenvalue weighted by molar-refractivity contribution is 5.75. The lowest BCUT2D eigenvalue weighted by atomic mass is 10.1. The van der Waals surface area contributed by atoms with Crippen molar-refractivity contribution in [1.82, 2.24) is 15.6 Å². The Labute approximate surface area is 117 Å². The summed E-state index contributed by atoms with van der Waals surface area (Å²) >= 11 is 0. The van der Waals surface area contributed by atoms with Gasteiger partial charge in [0.15, 0.2) is 0 Å². The lowest BCUT2D eigenvalue weighted by Crippen LogP contribution is -2.42. The zero-order chi connectivity index (χ0) is 14.5. The summed E-state index contributed by atoms with van der Waals surface area (Å²) in [5.41, 5.74) is 0.977. The molecule has 1 aliphatic carbocycles. The molecule has 6 nitrogen and oxygen atoms in total. The molecule has 0 spiro atoms. The van der Waals surface area contributed by atoms with E-state index in [9.17, 15) is 9.59 Å². The monoisotopic (exact) mass is 277 g/mol. The molecule has 108 valence electrons. The predicted octanol–water partition coefficient (Wildman–Crippen LogP) is 1.70. The van der Waals surface area contributed by atoms with Crippen molar-refractivity contribution in [2.24, 2.45) is 5.92 Å². The Hall–Kier alpha value is -2.11. The van der Waals surface area contributed by atoms with E-state index in [1.54, 1.807) is 12.4 Å². The van der Waals surface area contributed by atoms with Crippen LogP contribution in [0.3, 0.4) is 0 Å². The van der Waals surface area contributed by atoms with Gasteiger partial charge in [0.25, 0.3) is 0 Å². The van der Waals surface area contributed by atoms with Crippen molar-refractivity contribution in [3.63, 3.8) is 0 Å². The van der Waals surface area contributed by atoms with Gasteiger partial charge in [-0.3, -0.25) is 9.78 Å². The lowest BCUT2D eigenvalue weighted by Gasteiger charge is -2.17. The van der Waals surface area contributed by atoms with Gasteiger partial charge < -0.3 is 15.7 Å². The average Bonchev–Trinajstić information content (AvgIpc) is 2.88. The number of aliphatic carboxylic acids is 1. The molecule has 1 aromatic rings. The molecule has 1 heterocycles. The summed E-state index contributed by atoms with van der Waals surface area (Å²) in [7, 11) is 0. The summed E-state index contributed by atoms with van der Waals surface area (Å²) in [6.45, 7) is 1.89. The summed E-state index contributed by atoms with van der Waals surface area (Å²) < 4.78 is 0. The van der Waals surface area contributed by atoms with Crippen molar-refractivity contribution in [1.29, 1.82) is 0 Å². The van der Waals surface area contributed by atoms with E-state index in [1.165, 1.54) is 0 Å². The van der Waals surface area contributed by atoms with Crippen LogP contribution in [0.5, 0.6) is 0 Å². The van der Waals surface area contributed by atoms with E-state index >= 15 is 0 Å². The number of carbonyl (C=O) groups is 2. The molecule has 1 fully saturated rings. The molecule has 0 aromatic carbocycles. The molecule has 20 heavy (non-hydrogen) atoms. The lowest BCUT2D eigenvalue weighted by molar-refractivity contribution is -0.141. The van der Waals surface area contributed by atoms with Gasteiger partial charge in [-0.2, -0.15) is 0 Å². The average molecular weight is 277 g/mol. The maximum Gasteiger partial charge on any atom is 0.315 e. The number of nitrogens with one attached hydrogen (secondary N) is 2. The molecule has 0 aliphatic heterocycles. The molecule has 0 bridgehead atoms. The standard InChI is InChI=1S/C14H19N3O3/c1-9(10-4-6-15-7-5-10)16-14(20)17-12-3-2-11(8-12)13(18)19/h4-7,9,11-12H,2-3,8H2,1H3,(H,18,19)(H2,16,17,20). The van der Waals surface area contributed by atoms with E-state index in [4.69, 9.17) is 5.11 Å². The normalized spacial score (nSPS) is 23.1. The minimum Gasteiger partial charge on any atom is -0.481 e. The third-order valence-corrected chi connectivity index (χ3v) is 3.67. The molecule has 2 amide bonds. The molecule has 3 atom stereocenters. The van der Waals surface area contributed by atoms with Gasteiger partial charge in [0, 0.05) is 18.4 Å². The number of carboxylic acid groups (broad SMARTS) is 1. The van der Waals surface area contributed by atoms with Crippen molar-refractivity contribution in [2.45, 2.75) is 38.3 Å². The van der Waals surface area contributed by atoms with Crippen LogP contribution in [0, 0.1) is 5.92 Å². The SMILES string of the molecule is CC(NC(=O)NC1CCC(C(=O)O)C1)c1ccncc1. The first-order valence-electron chi connectivity index (χ1n) is 6.76. The Morgan fingerprint density at radius 3 is 2.65 bits per heavy atom. The first kappa shape index (κ1) is 14.3. The predicted molar refractivity (Wildman–Crippen MR) is 73.1 cm³/mol. The number of hydrogen-bond donors (Lipinski definition) is 3. The smallest absolute Gasteiger partial charge is 0.315 e. The third-order valence-electron chi connectivity index (χ3n) is 3.67. The van der Waals surface area contributed by atoms with Gasteiger partial charge in [0.05, 0.1) is 12.0 Å². The van der Waals surface area contributed by atoms with Crippen molar-refractivity contribution in [3.05, 3.63) is 30.1 Å². The van der Waals surface area contributed by atoms with Crippen LogP contribution < -0.4 is 10.6 Å². The number of hydrogen-bond acceptors (Lipinski definition) is 3. The van der Waals surface area contributed by atoms with E-state index in [1.807, 2.05) is 19.1 Å². The van der Waals surface area contributed by atoms with Crippen LogP contribution in [-0.4, -0.2) is 28.1 Å². The van der Waals surface area contributed by atoms with Crippen LogP contribution in [0.4, 0.5) is 4.79 Å². The van der Waals surface area contributed by atoms with Crippen LogP contribution in [-0.2, 0) is 4.79 Å². The summed E-state index contributed by atoms with van der Waals surface area (Å²) in [6.07, 6.45) is 5.21. The topological polar surface area (TPSA) is 91.3 Å². The van der Waals surface area contributed by atoms with E-state index in [-0.39, 0.29) is 24.0 Å². The summed E-state index contributed by atoms with van der Waals surface area (Å²) in [4.78, 5) is 26.7. The molecule has 6 heteroatoms. The fourth-order valence-corrected chi connectivity index (χ4v) is 2.50. The van der Waals surface area contributed by atoms with Crippen molar-refractivity contribution < 1.29 is 14.7 Å². The molecular weight excluding hydrogens is 258 g/mol. The van der Waals surface area contributed by atoms with Crippen LogP contribution in [0.1, 0.15) is 37.8 Å². The highest BCUT2D eigenvalue weighted by Crippen LogP contribution is 2.25. The maximum absolute atomic E-state index is 11.9. The van der Waals surface area contributed by atoms with Crippen molar-refractivity contribution >= 4 is 12.0 Å². The minimum atomic E-state index is -0.778. The Morgan fingerprint density at radius 2 is 2.05 bits per heavy atom. The number of pyridine rings is 1. The first-order valence-corrected chi connectivity index (χ1v) is 6.76. The van der Waals surface area contributed by atoms with Gasteiger partial charge in [0.2, 0.25) is 0 Å². The van der Waals surface area contributed by atoms with Crippen molar-refractivity contribution in [3.8, 4) is 0 Å². The molecule has 3 unspecified atom stereocenters. The maximum atomic E-state index is 11.9. The molecule has 1 saturated carbocycles. The minimum absolute atomic E-state index is 0.0549. The molecule has 1 aliphatic rings. The number of amides is 2. The molecule has 0 radical (unpaired) electrons. The van der Waals surface area contributed by atoms with Gasteiger partial charge in [-0.15, -0.1) is 0 Å². The Bertz CT molecular complexity index is 478. The zero-order valence-electron chi connectivity index (χ0n) is 11.4. The Morgan fingerprint density at radius 1 is 1.35 bits per heavy atom. The second kappa shape index (κ2) is 6.36. The number of nitrogens with zero attached hydrogens (tertiary/aromatic N) is 1.